The fourth-order valence-corrected chi connectivity index (χ4v) is 3.45. The molecule has 0 fully saturated rings. The molecular weight excluding hydrogens is 414 g/mol. The Hall–Kier alpha value is -3.90. The molecule has 0 saturated heterocycles. The second-order valence-electron chi connectivity index (χ2n) is 6.92. The molecule has 1 aliphatic heterocycles. The van der Waals surface area contributed by atoms with Gasteiger partial charge in [-0.15, -0.1) is 0 Å². The van der Waals surface area contributed by atoms with Crippen LogP contribution in [0.3, 0.4) is 0 Å². The van der Waals surface area contributed by atoms with Gasteiger partial charge in [-0.2, -0.15) is 0 Å². The molecule has 2 N–H and O–H groups in total. The number of imide groups is 1. The molecule has 3 aromatic rings. The molecule has 0 aromatic heterocycles. The van der Waals surface area contributed by atoms with Gasteiger partial charge in [0, 0.05) is 23.3 Å². The standard InChI is InChI=1S/C24H18ClN3O3/c1-15(29)26-18-9-11-19(12-10-18)27-22-21(16-5-3-2-4-6-16)23(30)28(24(22)31)20-13-7-17(25)8-14-20/h2-14,27H,1H3,(H,26,29). The first kappa shape index (κ1) is 20.4. The van der Waals surface area contributed by atoms with Crippen molar-refractivity contribution in [3.63, 3.8) is 0 Å². The lowest BCUT2D eigenvalue weighted by atomic mass is 10.0. The Balaban J connectivity index is 1.73. The van der Waals surface area contributed by atoms with Gasteiger partial charge < -0.3 is 10.6 Å². The van der Waals surface area contributed by atoms with E-state index in [4.69, 9.17) is 11.6 Å². The predicted octanol–water partition coefficient (Wildman–Crippen LogP) is 4.70. The van der Waals surface area contributed by atoms with Gasteiger partial charge in [0.05, 0.1) is 11.3 Å². The van der Waals surface area contributed by atoms with Crippen LogP contribution in [-0.4, -0.2) is 17.7 Å². The summed E-state index contributed by atoms with van der Waals surface area (Å²) >= 11 is 5.96. The van der Waals surface area contributed by atoms with Gasteiger partial charge in [-0.05, 0) is 54.1 Å². The Bertz CT molecular complexity index is 1190. The molecule has 1 aliphatic rings. The van der Waals surface area contributed by atoms with Gasteiger partial charge in [0.2, 0.25) is 5.91 Å². The van der Waals surface area contributed by atoms with Crippen LogP contribution in [0, 0.1) is 0 Å². The van der Waals surface area contributed by atoms with Crippen molar-refractivity contribution in [3.05, 3.63) is 95.1 Å². The molecule has 154 valence electrons. The number of hydrogen-bond donors (Lipinski definition) is 2. The van der Waals surface area contributed by atoms with Gasteiger partial charge in [0.15, 0.2) is 0 Å². The van der Waals surface area contributed by atoms with E-state index in [1.165, 1.54) is 6.92 Å². The molecule has 3 aromatic carbocycles. The fourth-order valence-electron chi connectivity index (χ4n) is 3.33. The Morgan fingerprint density at radius 3 is 2.03 bits per heavy atom. The van der Waals surface area contributed by atoms with E-state index in [1.807, 2.05) is 18.2 Å². The van der Waals surface area contributed by atoms with Crippen LogP contribution in [0.5, 0.6) is 0 Å². The monoisotopic (exact) mass is 431 g/mol. The maximum atomic E-state index is 13.3. The fraction of sp³-hybridized carbons (Fsp3) is 0.0417. The topological polar surface area (TPSA) is 78.5 Å². The summed E-state index contributed by atoms with van der Waals surface area (Å²) in [5.74, 6) is -1.06. The number of carbonyl (C=O) groups excluding carboxylic acids is 3. The molecule has 7 heteroatoms. The van der Waals surface area contributed by atoms with Crippen molar-refractivity contribution in [1.29, 1.82) is 0 Å². The summed E-state index contributed by atoms with van der Waals surface area (Å²) in [4.78, 5) is 39.0. The zero-order valence-electron chi connectivity index (χ0n) is 16.6. The van der Waals surface area contributed by atoms with E-state index in [2.05, 4.69) is 10.6 Å². The van der Waals surface area contributed by atoms with Gasteiger partial charge >= 0.3 is 0 Å². The van der Waals surface area contributed by atoms with Gasteiger partial charge in [-0.3, -0.25) is 14.4 Å². The minimum Gasteiger partial charge on any atom is -0.350 e. The molecule has 4 rings (SSSR count). The Morgan fingerprint density at radius 2 is 1.42 bits per heavy atom. The molecule has 0 unspecified atom stereocenters. The number of anilines is 3. The highest BCUT2D eigenvalue weighted by molar-refractivity contribution is 6.46. The molecule has 1 heterocycles. The SMILES string of the molecule is CC(=O)Nc1ccc(NC2=C(c3ccccc3)C(=O)N(c3ccc(Cl)cc3)C2=O)cc1. The smallest absolute Gasteiger partial charge is 0.282 e. The van der Waals surface area contributed by atoms with Crippen molar-refractivity contribution >= 4 is 52.0 Å². The highest BCUT2D eigenvalue weighted by Crippen LogP contribution is 2.34. The molecular formula is C24H18ClN3O3. The summed E-state index contributed by atoms with van der Waals surface area (Å²) in [6.07, 6.45) is 0. The van der Waals surface area contributed by atoms with E-state index >= 15 is 0 Å². The van der Waals surface area contributed by atoms with Crippen LogP contribution in [0.25, 0.3) is 5.57 Å². The number of nitrogens with zero attached hydrogens (tertiary/aromatic N) is 1. The minimum atomic E-state index is -0.461. The zero-order valence-corrected chi connectivity index (χ0v) is 17.3. The first-order chi connectivity index (χ1) is 14.9. The summed E-state index contributed by atoms with van der Waals surface area (Å²) in [7, 11) is 0. The van der Waals surface area contributed by atoms with Crippen LogP contribution in [0.4, 0.5) is 17.1 Å². The average Bonchev–Trinajstić information content (AvgIpc) is 3.00. The first-order valence-corrected chi connectivity index (χ1v) is 9.90. The third kappa shape index (κ3) is 4.20. The van der Waals surface area contributed by atoms with Gasteiger partial charge in [0.1, 0.15) is 5.70 Å². The van der Waals surface area contributed by atoms with Gasteiger partial charge in [-0.25, -0.2) is 4.90 Å². The molecule has 31 heavy (non-hydrogen) atoms. The number of nitrogens with one attached hydrogen (secondary N) is 2. The van der Waals surface area contributed by atoms with Gasteiger partial charge in [0.25, 0.3) is 11.8 Å². The van der Waals surface area contributed by atoms with Crippen molar-refractivity contribution in [1.82, 2.24) is 0 Å². The largest absolute Gasteiger partial charge is 0.350 e. The third-order valence-electron chi connectivity index (χ3n) is 4.71. The molecule has 0 atom stereocenters. The third-order valence-corrected chi connectivity index (χ3v) is 4.96. The molecule has 6 nitrogen and oxygen atoms in total. The van der Waals surface area contributed by atoms with E-state index in [0.717, 1.165) is 4.90 Å². The van der Waals surface area contributed by atoms with E-state index < -0.39 is 11.8 Å². The van der Waals surface area contributed by atoms with Crippen LogP contribution >= 0.6 is 11.6 Å². The van der Waals surface area contributed by atoms with Gasteiger partial charge in [-0.1, -0.05) is 41.9 Å². The summed E-state index contributed by atoms with van der Waals surface area (Å²) in [6.45, 7) is 1.43. The highest BCUT2D eigenvalue weighted by atomic mass is 35.5. The van der Waals surface area contributed by atoms with Crippen molar-refractivity contribution in [2.24, 2.45) is 0 Å². The van der Waals surface area contributed by atoms with Crippen molar-refractivity contribution in [2.75, 3.05) is 15.5 Å². The molecule has 0 saturated carbocycles. The number of hydrogen-bond acceptors (Lipinski definition) is 4. The molecule has 0 radical (unpaired) electrons. The number of benzene rings is 3. The highest BCUT2D eigenvalue weighted by Gasteiger charge is 2.40. The van der Waals surface area contributed by atoms with Crippen LogP contribution in [0.2, 0.25) is 5.02 Å². The van der Waals surface area contributed by atoms with Crippen LogP contribution in [-0.2, 0) is 14.4 Å². The summed E-state index contributed by atoms with van der Waals surface area (Å²) in [5, 5.41) is 6.29. The molecule has 0 spiro atoms. The minimum absolute atomic E-state index is 0.176. The lowest BCUT2D eigenvalue weighted by Gasteiger charge is -2.15. The Morgan fingerprint density at radius 1 is 0.806 bits per heavy atom. The van der Waals surface area contributed by atoms with Crippen LogP contribution < -0.4 is 15.5 Å². The van der Waals surface area contributed by atoms with Crippen molar-refractivity contribution < 1.29 is 14.4 Å². The van der Waals surface area contributed by atoms with Crippen molar-refractivity contribution in [2.45, 2.75) is 6.92 Å². The maximum Gasteiger partial charge on any atom is 0.282 e. The Kier molecular flexibility index (Phi) is 5.56. The molecule has 0 aliphatic carbocycles. The average molecular weight is 432 g/mol. The van der Waals surface area contributed by atoms with Crippen molar-refractivity contribution in [3.8, 4) is 0 Å². The number of halogens is 1. The van der Waals surface area contributed by atoms with Crippen LogP contribution in [0.1, 0.15) is 12.5 Å². The van der Waals surface area contributed by atoms with Crippen LogP contribution in [0.15, 0.2) is 84.6 Å². The molecule has 0 bridgehead atoms. The Labute approximate surface area is 184 Å². The lowest BCUT2D eigenvalue weighted by Crippen LogP contribution is -2.32. The van der Waals surface area contributed by atoms with E-state index in [1.54, 1.807) is 60.7 Å². The predicted molar refractivity (Wildman–Crippen MR) is 122 cm³/mol. The molecule has 3 amide bonds. The maximum absolute atomic E-state index is 13.3. The number of carbonyl (C=O) groups is 3. The number of rotatable bonds is 5. The van der Waals surface area contributed by atoms with E-state index in [0.29, 0.717) is 27.6 Å². The zero-order chi connectivity index (χ0) is 22.0. The first-order valence-electron chi connectivity index (χ1n) is 9.53. The second-order valence-corrected chi connectivity index (χ2v) is 7.36. The number of amides is 3. The lowest BCUT2D eigenvalue weighted by molar-refractivity contribution is -0.120. The second kappa shape index (κ2) is 8.45. The summed E-state index contributed by atoms with van der Waals surface area (Å²) in [6, 6.07) is 22.4. The normalized spacial score (nSPS) is 13.5. The summed E-state index contributed by atoms with van der Waals surface area (Å²) in [5.41, 5.74) is 2.77. The van der Waals surface area contributed by atoms with E-state index in [9.17, 15) is 14.4 Å². The summed E-state index contributed by atoms with van der Waals surface area (Å²) < 4.78 is 0. The van der Waals surface area contributed by atoms with E-state index in [-0.39, 0.29) is 17.2 Å². The quantitative estimate of drug-likeness (QED) is 0.574.